The standard InChI is InChI=1S/C19H15F5N4O3/c1-30-14-8-11(2-5-13(14)31-18(20)21)3-7-17(29)25-9-16-27-26-15-6-4-12(10-28(15)16)19(22,23)24/h2-8,10,18H,9H2,1H3,(H,25,29)/b7-3+. The summed E-state index contributed by atoms with van der Waals surface area (Å²) >= 11 is 0. The molecule has 31 heavy (non-hydrogen) atoms. The van der Waals surface area contributed by atoms with E-state index >= 15 is 0 Å². The molecule has 0 saturated carbocycles. The Morgan fingerprint density at radius 3 is 2.65 bits per heavy atom. The summed E-state index contributed by atoms with van der Waals surface area (Å²) in [7, 11) is 1.28. The number of ether oxygens (including phenoxy) is 2. The van der Waals surface area contributed by atoms with Gasteiger partial charge in [-0.25, -0.2) is 0 Å². The van der Waals surface area contributed by atoms with E-state index < -0.39 is 24.3 Å². The lowest BCUT2D eigenvalue weighted by Gasteiger charge is -2.10. The zero-order valence-electron chi connectivity index (χ0n) is 15.9. The number of amides is 1. The number of rotatable bonds is 7. The van der Waals surface area contributed by atoms with Crippen LogP contribution in [-0.4, -0.2) is 34.2 Å². The lowest BCUT2D eigenvalue weighted by Crippen LogP contribution is -2.21. The second kappa shape index (κ2) is 8.98. The van der Waals surface area contributed by atoms with Crippen molar-refractivity contribution in [2.75, 3.05) is 7.11 Å². The molecule has 3 aromatic rings. The van der Waals surface area contributed by atoms with Crippen LogP contribution >= 0.6 is 0 Å². The summed E-state index contributed by atoms with van der Waals surface area (Å²) in [5.74, 6) is -0.553. The van der Waals surface area contributed by atoms with Crippen molar-refractivity contribution >= 4 is 17.6 Å². The van der Waals surface area contributed by atoms with Crippen LogP contribution in [0.25, 0.3) is 11.7 Å². The van der Waals surface area contributed by atoms with Crippen LogP contribution in [-0.2, 0) is 17.5 Å². The highest BCUT2D eigenvalue weighted by atomic mass is 19.4. The summed E-state index contributed by atoms with van der Waals surface area (Å²) in [6.07, 6.45) is -1.12. The van der Waals surface area contributed by atoms with Gasteiger partial charge in [0.15, 0.2) is 23.0 Å². The Morgan fingerprint density at radius 1 is 1.19 bits per heavy atom. The predicted octanol–water partition coefficient (Wildman–Crippen LogP) is 3.69. The van der Waals surface area contributed by atoms with Crippen LogP contribution < -0.4 is 14.8 Å². The molecule has 0 aliphatic carbocycles. The van der Waals surface area contributed by atoms with E-state index in [0.29, 0.717) is 5.56 Å². The van der Waals surface area contributed by atoms with Crippen molar-refractivity contribution in [2.24, 2.45) is 0 Å². The Labute approximate surface area is 172 Å². The van der Waals surface area contributed by atoms with Crippen molar-refractivity contribution in [3.63, 3.8) is 0 Å². The lowest BCUT2D eigenvalue weighted by atomic mass is 10.2. The van der Waals surface area contributed by atoms with E-state index in [2.05, 4.69) is 20.3 Å². The number of nitrogens with one attached hydrogen (secondary N) is 1. The fraction of sp³-hybridized carbons (Fsp3) is 0.211. The van der Waals surface area contributed by atoms with Gasteiger partial charge in [-0.15, -0.1) is 10.2 Å². The summed E-state index contributed by atoms with van der Waals surface area (Å²) in [5, 5.41) is 10.0. The number of hydrogen-bond acceptors (Lipinski definition) is 5. The molecule has 1 amide bonds. The smallest absolute Gasteiger partial charge is 0.417 e. The first-order chi connectivity index (χ1) is 14.7. The Morgan fingerprint density at radius 2 is 1.97 bits per heavy atom. The number of benzene rings is 1. The molecule has 0 fully saturated rings. The summed E-state index contributed by atoms with van der Waals surface area (Å²) < 4.78 is 73.8. The molecule has 0 unspecified atom stereocenters. The van der Waals surface area contributed by atoms with E-state index in [1.54, 1.807) is 0 Å². The van der Waals surface area contributed by atoms with E-state index in [1.807, 2.05) is 0 Å². The van der Waals surface area contributed by atoms with Gasteiger partial charge in [0.2, 0.25) is 5.91 Å². The Kier molecular flexibility index (Phi) is 6.37. The topological polar surface area (TPSA) is 77.8 Å². The highest BCUT2D eigenvalue weighted by Gasteiger charge is 2.31. The maximum atomic E-state index is 12.9. The summed E-state index contributed by atoms with van der Waals surface area (Å²) in [6.45, 7) is -3.18. The molecule has 7 nitrogen and oxygen atoms in total. The molecule has 2 aromatic heterocycles. The number of pyridine rings is 1. The molecular formula is C19H15F5N4O3. The van der Waals surface area contributed by atoms with Gasteiger partial charge < -0.3 is 14.8 Å². The highest BCUT2D eigenvalue weighted by molar-refractivity contribution is 5.91. The number of alkyl halides is 5. The fourth-order valence-corrected chi connectivity index (χ4v) is 2.60. The number of methoxy groups -OCH3 is 1. The molecule has 0 spiro atoms. The van der Waals surface area contributed by atoms with Crippen LogP contribution in [0.5, 0.6) is 11.5 Å². The molecule has 0 atom stereocenters. The summed E-state index contributed by atoms with van der Waals surface area (Å²) in [5.41, 5.74) is -0.206. The SMILES string of the molecule is COc1cc(/C=C/C(=O)NCc2nnc3ccc(C(F)(F)F)cn23)ccc1OC(F)F. The van der Waals surface area contributed by atoms with E-state index in [1.165, 1.54) is 37.5 Å². The lowest BCUT2D eigenvalue weighted by molar-refractivity contribution is -0.137. The molecule has 0 aliphatic rings. The van der Waals surface area contributed by atoms with Crippen molar-refractivity contribution in [1.29, 1.82) is 0 Å². The minimum absolute atomic E-state index is 0.0539. The summed E-state index contributed by atoms with van der Waals surface area (Å²) in [4.78, 5) is 12.1. The molecule has 0 saturated heterocycles. The quantitative estimate of drug-likeness (QED) is 0.446. The van der Waals surface area contributed by atoms with Gasteiger partial charge in [0.1, 0.15) is 0 Å². The third kappa shape index (κ3) is 5.47. The maximum absolute atomic E-state index is 12.9. The molecule has 0 aliphatic heterocycles. The van der Waals surface area contributed by atoms with Crippen LogP contribution in [0.4, 0.5) is 22.0 Å². The largest absolute Gasteiger partial charge is 0.493 e. The number of carbonyl (C=O) groups excluding carboxylic acids is 1. The number of hydrogen-bond donors (Lipinski definition) is 1. The van der Waals surface area contributed by atoms with Gasteiger partial charge >= 0.3 is 12.8 Å². The van der Waals surface area contributed by atoms with Crippen molar-refractivity contribution in [3.05, 3.63) is 59.6 Å². The molecule has 0 bridgehead atoms. The monoisotopic (exact) mass is 442 g/mol. The first-order valence-corrected chi connectivity index (χ1v) is 8.67. The minimum atomic E-state index is -4.53. The molecular weight excluding hydrogens is 427 g/mol. The van der Waals surface area contributed by atoms with Gasteiger partial charge in [-0.1, -0.05) is 6.07 Å². The normalized spacial score (nSPS) is 12.0. The Hall–Kier alpha value is -3.70. The molecule has 1 N–H and O–H groups in total. The molecule has 164 valence electrons. The Balaban J connectivity index is 1.67. The van der Waals surface area contributed by atoms with Gasteiger partial charge in [0.25, 0.3) is 0 Å². The molecule has 1 aromatic carbocycles. The fourth-order valence-electron chi connectivity index (χ4n) is 2.60. The molecule has 2 heterocycles. The van der Waals surface area contributed by atoms with Crippen LogP contribution in [0, 0.1) is 0 Å². The van der Waals surface area contributed by atoms with Crippen molar-refractivity contribution in [2.45, 2.75) is 19.3 Å². The van der Waals surface area contributed by atoms with Gasteiger partial charge in [0.05, 0.1) is 19.2 Å². The average molecular weight is 442 g/mol. The number of fused-ring (bicyclic) bond motifs is 1. The Bertz CT molecular complexity index is 1110. The van der Waals surface area contributed by atoms with Gasteiger partial charge in [-0.05, 0) is 35.9 Å². The average Bonchev–Trinajstić information content (AvgIpc) is 3.12. The van der Waals surface area contributed by atoms with E-state index in [9.17, 15) is 26.7 Å². The number of carbonyl (C=O) groups is 1. The second-order valence-corrected chi connectivity index (χ2v) is 6.10. The van der Waals surface area contributed by atoms with Crippen molar-refractivity contribution < 1.29 is 36.2 Å². The van der Waals surface area contributed by atoms with Crippen LogP contribution in [0.15, 0.2) is 42.6 Å². The third-order valence-corrected chi connectivity index (χ3v) is 4.05. The first-order valence-electron chi connectivity index (χ1n) is 8.67. The molecule has 12 heteroatoms. The van der Waals surface area contributed by atoms with Crippen molar-refractivity contribution in [1.82, 2.24) is 19.9 Å². The van der Waals surface area contributed by atoms with Crippen LogP contribution in [0.2, 0.25) is 0 Å². The van der Waals surface area contributed by atoms with Gasteiger partial charge in [-0.3, -0.25) is 9.20 Å². The van der Waals surface area contributed by atoms with E-state index in [4.69, 9.17) is 4.74 Å². The molecule has 3 rings (SSSR count). The van der Waals surface area contributed by atoms with Crippen LogP contribution in [0.3, 0.4) is 0 Å². The van der Waals surface area contributed by atoms with Gasteiger partial charge in [-0.2, -0.15) is 22.0 Å². The number of halogens is 5. The second-order valence-electron chi connectivity index (χ2n) is 6.10. The zero-order chi connectivity index (χ0) is 22.6. The first kappa shape index (κ1) is 22.0. The third-order valence-electron chi connectivity index (χ3n) is 4.05. The maximum Gasteiger partial charge on any atom is 0.417 e. The van der Waals surface area contributed by atoms with E-state index in [-0.39, 0.29) is 29.5 Å². The zero-order valence-corrected chi connectivity index (χ0v) is 15.9. The van der Waals surface area contributed by atoms with E-state index in [0.717, 1.165) is 22.7 Å². The van der Waals surface area contributed by atoms with Gasteiger partial charge in [0, 0.05) is 12.3 Å². The minimum Gasteiger partial charge on any atom is -0.493 e. The number of aromatic nitrogens is 3. The number of nitrogens with zero attached hydrogens (tertiary/aromatic N) is 3. The summed E-state index contributed by atoms with van der Waals surface area (Å²) in [6, 6.07) is 6.17. The van der Waals surface area contributed by atoms with Crippen molar-refractivity contribution in [3.8, 4) is 11.5 Å². The highest BCUT2D eigenvalue weighted by Crippen LogP contribution is 2.30. The predicted molar refractivity (Wildman–Crippen MR) is 98.5 cm³/mol. The van der Waals surface area contributed by atoms with Crippen LogP contribution in [0.1, 0.15) is 17.0 Å². The molecule has 0 radical (unpaired) electrons.